The summed E-state index contributed by atoms with van der Waals surface area (Å²) in [7, 11) is 5.60. The Bertz CT molecular complexity index is 519. The lowest BCUT2D eigenvalue weighted by Gasteiger charge is -2.25. The second kappa shape index (κ2) is 10.8. The van der Waals surface area contributed by atoms with Crippen molar-refractivity contribution in [1.29, 1.82) is 0 Å². The number of likely N-dealkylation sites (N-methyl/N-ethyl adjacent to an activating group) is 1. The van der Waals surface area contributed by atoms with Gasteiger partial charge < -0.3 is 15.0 Å². The van der Waals surface area contributed by atoms with Gasteiger partial charge >= 0.3 is 0 Å². The van der Waals surface area contributed by atoms with Crippen LogP contribution >= 0.6 is 24.0 Å². The van der Waals surface area contributed by atoms with E-state index in [-0.39, 0.29) is 24.0 Å². The summed E-state index contributed by atoms with van der Waals surface area (Å²) in [4.78, 5) is 9.07. The van der Waals surface area contributed by atoms with Crippen LogP contribution in [0.2, 0.25) is 0 Å². The van der Waals surface area contributed by atoms with Crippen LogP contribution in [0.4, 0.5) is 0 Å². The second-order valence-corrected chi connectivity index (χ2v) is 6.00. The van der Waals surface area contributed by atoms with Crippen molar-refractivity contribution >= 4 is 29.9 Å². The van der Waals surface area contributed by atoms with Crippen molar-refractivity contribution in [3.05, 3.63) is 29.8 Å². The molecule has 0 radical (unpaired) electrons. The highest BCUT2D eigenvalue weighted by molar-refractivity contribution is 14.0. The molecule has 1 saturated carbocycles. The minimum Gasteiger partial charge on any atom is -0.496 e. The number of guanidine groups is 1. The number of halogens is 1. The Morgan fingerprint density at radius 2 is 2.04 bits per heavy atom. The maximum atomic E-state index is 5.43. The molecule has 1 aliphatic carbocycles. The lowest BCUT2D eigenvalue weighted by molar-refractivity contribution is 0.280. The molecule has 24 heavy (non-hydrogen) atoms. The second-order valence-electron chi connectivity index (χ2n) is 6.00. The van der Waals surface area contributed by atoms with E-state index >= 15 is 0 Å². The van der Waals surface area contributed by atoms with Crippen molar-refractivity contribution in [3.8, 4) is 5.75 Å². The number of nitrogens with one attached hydrogen (secondary N) is 1. The van der Waals surface area contributed by atoms with Crippen LogP contribution in [0, 0.1) is 0 Å². The number of nitrogens with zero attached hydrogens (tertiary/aromatic N) is 3. The summed E-state index contributed by atoms with van der Waals surface area (Å²) in [6.07, 6.45) is 2.71. The number of benzene rings is 1. The number of hydrogen-bond donors (Lipinski definition) is 1. The maximum Gasteiger partial charge on any atom is 0.193 e. The predicted molar refractivity (Wildman–Crippen MR) is 112 cm³/mol. The number of aliphatic imine (C=N–C) groups is 1. The third-order valence-corrected chi connectivity index (χ3v) is 4.32. The van der Waals surface area contributed by atoms with Gasteiger partial charge in [-0.3, -0.25) is 9.89 Å². The normalized spacial score (nSPS) is 14.3. The molecule has 136 valence electrons. The van der Waals surface area contributed by atoms with Gasteiger partial charge in [-0.1, -0.05) is 25.1 Å². The average molecular weight is 446 g/mol. The van der Waals surface area contributed by atoms with E-state index in [1.54, 1.807) is 7.11 Å². The predicted octanol–water partition coefficient (Wildman–Crippen LogP) is 2.80. The van der Waals surface area contributed by atoms with Gasteiger partial charge in [0.15, 0.2) is 5.96 Å². The van der Waals surface area contributed by atoms with Crippen LogP contribution in [-0.2, 0) is 6.54 Å². The summed E-state index contributed by atoms with van der Waals surface area (Å²) >= 11 is 0. The van der Waals surface area contributed by atoms with E-state index in [2.05, 4.69) is 40.1 Å². The first-order chi connectivity index (χ1) is 11.2. The average Bonchev–Trinajstić information content (AvgIpc) is 3.40. The third-order valence-electron chi connectivity index (χ3n) is 4.32. The molecule has 1 N–H and O–H groups in total. The van der Waals surface area contributed by atoms with Gasteiger partial charge in [-0.15, -0.1) is 24.0 Å². The summed E-state index contributed by atoms with van der Waals surface area (Å²) < 4.78 is 5.43. The number of para-hydroxylation sites is 1. The number of rotatable bonds is 8. The van der Waals surface area contributed by atoms with Crippen LogP contribution in [0.5, 0.6) is 5.75 Å². The zero-order chi connectivity index (χ0) is 16.7. The summed E-state index contributed by atoms with van der Waals surface area (Å²) in [5.41, 5.74) is 1.16. The van der Waals surface area contributed by atoms with Gasteiger partial charge in [0.1, 0.15) is 5.75 Å². The fraction of sp³-hybridized carbons (Fsp3) is 0.611. The van der Waals surface area contributed by atoms with Crippen LogP contribution in [0.1, 0.15) is 25.3 Å². The highest BCUT2D eigenvalue weighted by Crippen LogP contribution is 2.25. The molecule has 5 nitrogen and oxygen atoms in total. The number of methoxy groups -OCH3 is 1. The van der Waals surface area contributed by atoms with E-state index in [9.17, 15) is 0 Å². The van der Waals surface area contributed by atoms with E-state index in [0.717, 1.165) is 49.5 Å². The summed E-state index contributed by atoms with van der Waals surface area (Å²) in [5.74, 6) is 1.84. The quantitative estimate of drug-likeness (QED) is 0.379. The van der Waals surface area contributed by atoms with Crippen molar-refractivity contribution in [2.45, 2.75) is 32.4 Å². The van der Waals surface area contributed by atoms with Gasteiger partial charge in [0, 0.05) is 45.3 Å². The van der Waals surface area contributed by atoms with Gasteiger partial charge in [0.05, 0.1) is 7.11 Å². The van der Waals surface area contributed by atoms with E-state index < -0.39 is 0 Å². The molecule has 2 rings (SSSR count). The smallest absolute Gasteiger partial charge is 0.193 e. The van der Waals surface area contributed by atoms with Crippen molar-refractivity contribution in [2.75, 3.05) is 40.8 Å². The lowest BCUT2D eigenvalue weighted by atomic mass is 10.2. The minimum absolute atomic E-state index is 0. The van der Waals surface area contributed by atoms with E-state index in [0.29, 0.717) is 0 Å². The van der Waals surface area contributed by atoms with E-state index in [1.165, 1.54) is 12.8 Å². The number of ether oxygens (including phenoxy) is 1. The Morgan fingerprint density at radius 1 is 1.33 bits per heavy atom. The van der Waals surface area contributed by atoms with Gasteiger partial charge in [0.2, 0.25) is 0 Å². The summed E-state index contributed by atoms with van der Waals surface area (Å²) in [6, 6.07) is 8.93. The van der Waals surface area contributed by atoms with Crippen molar-refractivity contribution < 1.29 is 4.74 Å². The Balaban J connectivity index is 0.00000288. The topological polar surface area (TPSA) is 40.1 Å². The highest BCUT2D eigenvalue weighted by Gasteiger charge is 2.27. The van der Waals surface area contributed by atoms with Gasteiger partial charge in [-0.2, -0.15) is 0 Å². The van der Waals surface area contributed by atoms with Gasteiger partial charge in [-0.25, -0.2) is 0 Å². The zero-order valence-electron chi connectivity index (χ0n) is 15.3. The molecule has 0 heterocycles. The summed E-state index contributed by atoms with van der Waals surface area (Å²) in [5, 5.41) is 3.47. The molecular formula is C18H31IN4O. The zero-order valence-corrected chi connectivity index (χ0v) is 17.6. The molecular weight excluding hydrogens is 415 g/mol. The molecule has 1 aromatic carbocycles. The summed E-state index contributed by atoms with van der Waals surface area (Å²) in [6.45, 7) is 6.13. The standard InChI is InChI=1S/C18H30N4O.HI/c1-5-22(16-10-11-16)13-12-20-18(19-2)21(3)14-15-8-6-7-9-17(15)23-4;/h6-9,16H,5,10-14H2,1-4H3,(H,19,20);1H. The largest absolute Gasteiger partial charge is 0.496 e. The molecule has 0 amide bonds. The molecule has 0 unspecified atom stereocenters. The SMILES string of the molecule is CCN(CCNC(=NC)N(C)Cc1ccccc1OC)C1CC1.I. The number of hydrogen-bond acceptors (Lipinski definition) is 3. The molecule has 0 atom stereocenters. The van der Waals surface area contributed by atoms with Crippen LogP contribution in [0.15, 0.2) is 29.3 Å². The van der Waals surface area contributed by atoms with Gasteiger partial charge in [0.25, 0.3) is 0 Å². The van der Waals surface area contributed by atoms with Crippen molar-refractivity contribution in [1.82, 2.24) is 15.1 Å². The molecule has 0 spiro atoms. The Morgan fingerprint density at radius 3 is 2.62 bits per heavy atom. The molecule has 0 bridgehead atoms. The monoisotopic (exact) mass is 446 g/mol. The first-order valence-corrected chi connectivity index (χ1v) is 8.47. The first kappa shape index (κ1) is 21.0. The Hall–Kier alpha value is -1.02. The van der Waals surface area contributed by atoms with Crippen molar-refractivity contribution in [3.63, 3.8) is 0 Å². The maximum absolute atomic E-state index is 5.43. The first-order valence-electron chi connectivity index (χ1n) is 8.47. The van der Waals surface area contributed by atoms with E-state index in [4.69, 9.17) is 4.74 Å². The van der Waals surface area contributed by atoms with Crippen LogP contribution in [0.25, 0.3) is 0 Å². The van der Waals surface area contributed by atoms with E-state index in [1.807, 2.05) is 25.2 Å². The highest BCUT2D eigenvalue weighted by atomic mass is 127. The Kier molecular flexibility index (Phi) is 9.43. The fourth-order valence-corrected chi connectivity index (χ4v) is 2.90. The molecule has 6 heteroatoms. The molecule has 0 aliphatic heterocycles. The Labute approximate surface area is 163 Å². The van der Waals surface area contributed by atoms with Crippen LogP contribution in [-0.4, -0.2) is 62.6 Å². The molecule has 1 aliphatic rings. The fourth-order valence-electron chi connectivity index (χ4n) is 2.90. The molecule has 0 saturated heterocycles. The van der Waals surface area contributed by atoms with Crippen molar-refractivity contribution in [2.24, 2.45) is 4.99 Å². The lowest BCUT2D eigenvalue weighted by Crippen LogP contribution is -2.42. The van der Waals surface area contributed by atoms with Crippen LogP contribution in [0.3, 0.4) is 0 Å². The molecule has 1 fully saturated rings. The molecule has 0 aromatic heterocycles. The molecule has 1 aromatic rings. The van der Waals surface area contributed by atoms with Crippen LogP contribution < -0.4 is 10.1 Å². The minimum atomic E-state index is 0. The third kappa shape index (κ3) is 6.12. The van der Waals surface area contributed by atoms with Gasteiger partial charge in [-0.05, 0) is 25.5 Å².